The van der Waals surface area contributed by atoms with Gasteiger partial charge in [-0.2, -0.15) is 13.9 Å². The fourth-order valence-corrected chi connectivity index (χ4v) is 17.9. The van der Waals surface area contributed by atoms with Crippen LogP contribution in [-0.4, -0.2) is 114 Å². The van der Waals surface area contributed by atoms with E-state index in [1.807, 2.05) is 106 Å². The minimum atomic E-state index is -4.44. The highest BCUT2D eigenvalue weighted by molar-refractivity contribution is 8.04. The van der Waals surface area contributed by atoms with Crippen LogP contribution in [0.4, 0.5) is 22.7 Å². The molecule has 2 atom stereocenters. The van der Waals surface area contributed by atoms with E-state index in [1.54, 1.807) is 47.4 Å². The van der Waals surface area contributed by atoms with Gasteiger partial charge in [-0.1, -0.05) is 99.7 Å². The zero-order chi connectivity index (χ0) is 72.0. The third-order valence-electron chi connectivity index (χ3n) is 16.1. The van der Waals surface area contributed by atoms with Gasteiger partial charge in [-0.15, -0.1) is 0 Å². The molecule has 7 aromatic carbocycles. The van der Waals surface area contributed by atoms with Gasteiger partial charge in [0.05, 0.1) is 107 Å². The van der Waals surface area contributed by atoms with E-state index in [4.69, 9.17) is 23.2 Å². The average Bonchev–Trinajstić information content (AvgIpc) is 1.60. The molecule has 0 saturated carbocycles. The monoisotopic (exact) mass is 1530 g/mol. The highest BCUT2D eigenvalue weighted by atomic mass is 35.5. The Bertz CT molecular complexity index is 5080. The number of amides is 1. The van der Waals surface area contributed by atoms with E-state index in [-0.39, 0.29) is 62.2 Å². The Labute approximate surface area is 602 Å². The summed E-state index contributed by atoms with van der Waals surface area (Å²) in [4.78, 5) is 66.7. The van der Waals surface area contributed by atoms with Crippen LogP contribution in [0.15, 0.2) is 164 Å². The van der Waals surface area contributed by atoms with Crippen LogP contribution in [0, 0.1) is 6.92 Å². The maximum Gasteiger partial charge on any atom is 0.267 e. The first kappa shape index (κ1) is 74.5. The van der Waals surface area contributed by atoms with Crippen molar-refractivity contribution in [2.75, 3.05) is 57.4 Å². The van der Waals surface area contributed by atoms with Crippen LogP contribution in [0.1, 0.15) is 59.0 Å². The summed E-state index contributed by atoms with van der Waals surface area (Å²) in [5, 5.41) is 43.3. The Morgan fingerprint density at radius 1 is 0.650 bits per heavy atom. The second kappa shape index (κ2) is 31.8. The number of aldehydes is 1. The number of halogens is 2. The third-order valence-corrected chi connectivity index (χ3v) is 24.0. The Kier molecular flexibility index (Phi) is 23.7. The molecule has 11 rings (SSSR count). The molecule has 2 aliphatic heterocycles. The van der Waals surface area contributed by atoms with E-state index in [0.29, 0.717) is 44.8 Å². The first-order valence-electron chi connectivity index (χ1n) is 30.6. The van der Waals surface area contributed by atoms with Crippen LogP contribution < -0.4 is 54.1 Å². The molecule has 0 radical (unpaired) electrons. The molecule has 524 valence electrons. The number of thioether (sulfide) groups is 2. The number of nitrogens with one attached hydrogen (secondary N) is 2. The second-order valence-electron chi connectivity index (χ2n) is 23.0. The van der Waals surface area contributed by atoms with Gasteiger partial charge in [0.25, 0.3) is 10.0 Å². The lowest BCUT2D eigenvalue weighted by atomic mass is 10.1. The first-order chi connectivity index (χ1) is 47.4. The summed E-state index contributed by atoms with van der Waals surface area (Å²) in [6.07, 6.45) is 4.78. The summed E-state index contributed by atoms with van der Waals surface area (Å²) in [6, 6.07) is 37.6. The van der Waals surface area contributed by atoms with Crippen LogP contribution >= 0.6 is 69.4 Å². The normalized spacial score (nSPS) is 14.4. The molecule has 9 aromatic rings. The first-order valence-corrected chi connectivity index (χ1v) is 39.2. The Morgan fingerprint density at radius 3 is 1.88 bits per heavy atom. The lowest BCUT2D eigenvalue weighted by molar-refractivity contribution is -0.672. The number of carbonyl (C=O) groups excluding carboxylic acids is 5. The summed E-state index contributed by atoms with van der Waals surface area (Å²) in [5.41, 5.74) is 5.40. The van der Waals surface area contributed by atoms with Crippen molar-refractivity contribution in [2.45, 2.75) is 80.0 Å². The standard InChI is InChI=1S/C34H31ClN4O9S4.C33H33ClN4O7S3/c1-21(34(42)43)38(19-32(40)41)24-9-11-25(12-10-24)52(47,48)36-20-39-27-17-23(35)8-14-28(27)49-31(39)18-30-37(15-4-16-51(44,45)46)33-26-6-3-2-5-22(26)7-13-29(33)50-30;1-21-4-10-28-26(16-21)37(13-3-15-48(43,44)45)31(46-28)18-32-38(27-17-24(34)7-11-29(27)47-32)20-35-30(40)12-14-36(22(2)33(41)42)25-8-5-23(19-39)6-9-25/h2-3,5-14,17-18,21,36H,4,15-16,19-20H2,1H3,(H2-,40,41,42,43,44,45,46);4-11,16-19,22H,3,12-15,20H2,1-2H3,(H2-,35,40,41,42,43,44,45)/p-3. The molecule has 0 spiro atoms. The summed E-state index contributed by atoms with van der Waals surface area (Å²) in [7, 11) is -13.0. The maximum atomic E-state index is 13.5. The largest absolute Gasteiger partial charge is 0.748 e. The number of benzene rings is 7. The SMILES string of the molecule is CC(C(=O)[O-])N(CC(=O)[O-])c1ccc(S(=O)(=O)NCN2C(=Cc3sc4ccc5ccccc5c4[n+]3CCCS(=O)(=O)[O-])Sc3ccc(Cl)cc32)cc1.Cc1ccc2c(c1)N(CCCS(=O)(=O)[O-])/C(=C/c1sc3ccc(Cl)cc3[n+]1CNC(=O)CCN(c1ccc(C=O)cc1)C(C)C(=O)[O-])S2. The summed E-state index contributed by atoms with van der Waals surface area (Å²) in [5.74, 6) is -5.66. The van der Waals surface area contributed by atoms with Gasteiger partial charge in [-0.25, -0.2) is 25.3 Å². The van der Waals surface area contributed by atoms with Crippen LogP contribution in [0.5, 0.6) is 0 Å². The van der Waals surface area contributed by atoms with Gasteiger partial charge in [-0.05, 0) is 141 Å². The van der Waals surface area contributed by atoms with Gasteiger partial charge < -0.3 is 63.7 Å². The van der Waals surface area contributed by atoms with Gasteiger partial charge in [0.2, 0.25) is 33.6 Å². The van der Waals surface area contributed by atoms with Crippen LogP contribution in [-0.2, 0) is 62.7 Å². The smallest absolute Gasteiger partial charge is 0.267 e. The Morgan fingerprint density at radius 2 is 1.22 bits per heavy atom. The molecule has 24 nitrogen and oxygen atoms in total. The number of hydrogen-bond acceptors (Lipinski definition) is 24. The van der Waals surface area contributed by atoms with E-state index in [2.05, 4.69) is 10.0 Å². The number of anilines is 4. The summed E-state index contributed by atoms with van der Waals surface area (Å²) >= 11 is 18.6. The quantitative estimate of drug-likeness (QED) is 0.0305. The van der Waals surface area contributed by atoms with Gasteiger partial charge >= 0.3 is 0 Å². The van der Waals surface area contributed by atoms with E-state index in [9.17, 15) is 73.7 Å². The van der Waals surface area contributed by atoms with Gasteiger partial charge in [0.15, 0.2) is 6.54 Å². The van der Waals surface area contributed by atoms with Crippen molar-refractivity contribution in [3.63, 3.8) is 0 Å². The molecule has 2 N–H and O–H groups in total. The lowest BCUT2D eigenvalue weighted by Crippen LogP contribution is -2.50. The van der Waals surface area contributed by atoms with Crippen LogP contribution in [0.25, 0.3) is 43.4 Å². The topological polar surface area (TPSA) is 348 Å². The Hall–Kier alpha value is -8.18. The number of nitrogens with zero attached hydrogens (tertiary/aromatic N) is 6. The fourth-order valence-electron chi connectivity index (χ4n) is 11.1. The van der Waals surface area contributed by atoms with Crippen LogP contribution in [0.3, 0.4) is 0 Å². The van der Waals surface area contributed by atoms with E-state index >= 15 is 0 Å². The number of aryl methyl sites for hydroxylation is 2. The fraction of sp³-hybridized carbons (Fsp3) is 0.239. The minimum Gasteiger partial charge on any atom is -0.748 e. The van der Waals surface area contributed by atoms with E-state index < -0.39 is 78.3 Å². The van der Waals surface area contributed by atoms with Gasteiger partial charge in [0.1, 0.15) is 15.7 Å². The predicted octanol–water partition coefficient (Wildman–Crippen LogP) is 6.39. The van der Waals surface area contributed by atoms with Crippen molar-refractivity contribution in [2.24, 2.45) is 0 Å². The number of rotatable bonds is 28. The molecular weight excluding hydrogens is 1470 g/mol. The molecule has 4 heterocycles. The molecule has 0 fully saturated rings. The summed E-state index contributed by atoms with van der Waals surface area (Å²) in [6.45, 7) is 4.45. The van der Waals surface area contributed by atoms with Crippen molar-refractivity contribution in [1.29, 1.82) is 0 Å². The predicted molar refractivity (Wildman–Crippen MR) is 380 cm³/mol. The van der Waals surface area contributed by atoms with Crippen molar-refractivity contribution in [1.82, 2.24) is 10.0 Å². The second-order valence-corrected chi connectivity index (χ2v) is 32.9. The number of thiazole rings is 2. The minimum absolute atomic E-state index is 0.0201. The third kappa shape index (κ3) is 18.3. The van der Waals surface area contributed by atoms with Crippen molar-refractivity contribution in [3.05, 3.63) is 181 Å². The number of carbonyl (C=O) groups is 5. The molecular formula is C67H61Cl2N8O16S7-3. The number of fused-ring (bicyclic) bond motifs is 6. The van der Waals surface area contributed by atoms with E-state index in [1.165, 1.54) is 89.2 Å². The highest BCUT2D eigenvalue weighted by Crippen LogP contribution is 2.49. The summed E-state index contributed by atoms with van der Waals surface area (Å²) < 4.78 is 104. The molecule has 0 saturated heterocycles. The molecule has 2 unspecified atom stereocenters. The number of aliphatic carboxylic acids is 3. The number of aromatic nitrogens is 2. The number of hydrogen-bond donors (Lipinski definition) is 2. The molecule has 33 heteroatoms. The Balaban J connectivity index is 0.000000217. The zero-order valence-electron chi connectivity index (χ0n) is 53.3. The molecule has 2 aromatic heterocycles. The van der Waals surface area contributed by atoms with Crippen molar-refractivity contribution in [3.8, 4) is 0 Å². The zero-order valence-corrected chi connectivity index (χ0v) is 60.5. The molecule has 0 aliphatic carbocycles. The van der Waals surface area contributed by atoms with Gasteiger partial charge in [0, 0.05) is 80.3 Å². The van der Waals surface area contributed by atoms with Crippen molar-refractivity contribution >= 4 is 196 Å². The van der Waals surface area contributed by atoms with Gasteiger partial charge in [-0.3, -0.25) is 9.59 Å². The van der Waals surface area contributed by atoms with Crippen molar-refractivity contribution < 1.29 is 82.8 Å². The maximum absolute atomic E-state index is 13.5. The highest BCUT2D eigenvalue weighted by Gasteiger charge is 2.33. The van der Waals surface area contributed by atoms with Crippen LogP contribution in [0.2, 0.25) is 10.0 Å². The molecule has 1 amide bonds. The van der Waals surface area contributed by atoms with E-state index in [0.717, 1.165) is 72.2 Å². The lowest BCUT2D eigenvalue weighted by Gasteiger charge is -2.32. The number of carboxylic acid groups (broad SMARTS) is 3. The average molecular weight is 1530 g/mol. The molecule has 0 bridgehead atoms. The number of sulfonamides is 1. The number of carboxylic acids is 3. The molecule has 100 heavy (non-hydrogen) atoms. The molecule has 2 aliphatic rings.